The Labute approximate surface area is 153 Å². The Morgan fingerprint density at radius 3 is 2.07 bits per heavy atom. The normalized spacial score (nSPS) is 9.30. The molecule has 3 heterocycles. The Balaban J connectivity index is 0.000000403. The number of rotatable bonds is 1. The second kappa shape index (κ2) is 10.4. The summed E-state index contributed by atoms with van der Waals surface area (Å²) in [6.07, 6.45) is 0.667. The Morgan fingerprint density at radius 1 is 1.04 bits per heavy atom. The standard InChI is InChI=1S/C7H8N4O.C4H6N4O.C4H8O.H2O/c1-3-2-4-5(9-3)10-7(8)11-6(4)12;5-2-1-3(9)8-4(6)7-2;1-3-4(2)5;/h2H,1H3,(H4,8,9,10,11,12);1H,(H5,5,6,7,8,9);3H2,1-2H3;1H2. The van der Waals surface area contributed by atoms with Gasteiger partial charge in [-0.1, -0.05) is 6.92 Å². The summed E-state index contributed by atoms with van der Waals surface area (Å²) in [5, 5.41) is 0.543. The third-order valence-corrected chi connectivity index (χ3v) is 2.93. The van der Waals surface area contributed by atoms with Gasteiger partial charge in [0.2, 0.25) is 11.9 Å². The number of hydrogen-bond donors (Lipinski definition) is 6. The number of nitrogen functional groups attached to an aromatic ring is 3. The number of nitrogens with two attached hydrogens (primary N) is 3. The van der Waals surface area contributed by atoms with Crippen molar-refractivity contribution < 1.29 is 10.3 Å². The van der Waals surface area contributed by atoms with E-state index in [0.717, 1.165) is 11.8 Å². The fraction of sp³-hybridized carbons (Fsp3) is 0.267. The summed E-state index contributed by atoms with van der Waals surface area (Å²) in [7, 11) is 0. The predicted molar refractivity (Wildman–Crippen MR) is 104 cm³/mol. The van der Waals surface area contributed by atoms with Gasteiger partial charge >= 0.3 is 0 Å². The molecular weight excluding hydrogens is 356 g/mol. The largest absolute Gasteiger partial charge is 0.412 e. The van der Waals surface area contributed by atoms with Crippen molar-refractivity contribution in [2.24, 2.45) is 0 Å². The smallest absolute Gasteiger partial charge is 0.261 e. The molecule has 0 bridgehead atoms. The van der Waals surface area contributed by atoms with Crippen LogP contribution >= 0.6 is 0 Å². The third kappa shape index (κ3) is 7.83. The van der Waals surface area contributed by atoms with Crippen molar-refractivity contribution in [1.29, 1.82) is 0 Å². The molecule has 12 nitrogen and oxygen atoms in total. The van der Waals surface area contributed by atoms with Crippen molar-refractivity contribution in [3.63, 3.8) is 0 Å². The number of fused-ring (bicyclic) bond motifs is 1. The van der Waals surface area contributed by atoms with Crippen LogP contribution < -0.4 is 28.3 Å². The molecule has 0 amide bonds. The molecule has 0 fully saturated rings. The Hall–Kier alpha value is -3.67. The van der Waals surface area contributed by atoms with Crippen molar-refractivity contribution in [2.75, 3.05) is 17.2 Å². The van der Waals surface area contributed by atoms with Gasteiger partial charge in [-0.15, -0.1) is 0 Å². The minimum Gasteiger partial charge on any atom is -0.412 e. The van der Waals surface area contributed by atoms with E-state index >= 15 is 0 Å². The molecule has 0 spiro atoms. The second-order valence-electron chi connectivity index (χ2n) is 5.28. The van der Waals surface area contributed by atoms with Crippen LogP contribution in [0.25, 0.3) is 11.0 Å². The number of carbonyl (C=O) groups excluding carboxylic acids is 1. The van der Waals surface area contributed by atoms with Gasteiger partial charge in [0.15, 0.2) is 0 Å². The lowest BCUT2D eigenvalue weighted by Gasteiger charge is -1.90. The zero-order valence-corrected chi connectivity index (χ0v) is 15.2. The Kier molecular flexibility index (Phi) is 8.94. The van der Waals surface area contributed by atoms with Gasteiger partial charge in [0.1, 0.15) is 17.2 Å². The monoisotopic (exact) mass is 380 g/mol. The van der Waals surface area contributed by atoms with Gasteiger partial charge in [-0.3, -0.25) is 19.6 Å². The molecule has 11 N–H and O–H groups in total. The molecule has 3 aromatic rings. The number of nitrogens with zero attached hydrogens (tertiary/aromatic N) is 2. The minimum atomic E-state index is -0.333. The van der Waals surface area contributed by atoms with E-state index in [9.17, 15) is 14.4 Å². The number of carbonyl (C=O) groups is 1. The zero-order valence-electron chi connectivity index (χ0n) is 15.2. The fourth-order valence-corrected chi connectivity index (χ4v) is 1.66. The van der Waals surface area contributed by atoms with Crippen molar-refractivity contribution in [2.45, 2.75) is 27.2 Å². The molecule has 0 saturated heterocycles. The van der Waals surface area contributed by atoms with E-state index in [2.05, 4.69) is 24.9 Å². The van der Waals surface area contributed by atoms with Crippen molar-refractivity contribution in [1.82, 2.24) is 24.9 Å². The lowest BCUT2D eigenvalue weighted by Crippen LogP contribution is -2.11. The molecule has 0 aliphatic heterocycles. The van der Waals surface area contributed by atoms with E-state index in [1.807, 2.05) is 13.8 Å². The average Bonchev–Trinajstić information content (AvgIpc) is 2.87. The maximum atomic E-state index is 11.2. The quantitative estimate of drug-likeness (QED) is 0.313. The van der Waals surface area contributed by atoms with Crippen LogP contribution in [0.1, 0.15) is 26.0 Å². The van der Waals surface area contributed by atoms with Crippen molar-refractivity contribution >= 4 is 34.5 Å². The molecule has 3 rings (SSSR count). The predicted octanol–water partition coefficient (Wildman–Crippen LogP) is -0.763. The average molecular weight is 380 g/mol. The summed E-state index contributed by atoms with van der Waals surface area (Å²) < 4.78 is 0. The number of anilines is 3. The van der Waals surface area contributed by atoms with Crippen molar-refractivity contribution in [3.8, 4) is 0 Å². The number of nitrogens with one attached hydrogen (secondary N) is 3. The Bertz CT molecular complexity index is 982. The first-order valence-corrected chi connectivity index (χ1v) is 7.59. The number of aromatic nitrogens is 5. The van der Waals surface area contributed by atoms with Crippen LogP contribution in [0, 0.1) is 6.92 Å². The molecule has 12 heteroatoms. The first-order valence-electron chi connectivity index (χ1n) is 7.59. The number of H-pyrrole nitrogens is 3. The molecule has 27 heavy (non-hydrogen) atoms. The summed E-state index contributed by atoms with van der Waals surface area (Å²) in [5.41, 5.74) is 16.5. The lowest BCUT2D eigenvalue weighted by molar-refractivity contribution is -0.116. The molecule has 0 radical (unpaired) electrons. The number of Topliss-reactive ketones (excluding diaryl/α,β-unsaturated/α-hetero) is 1. The van der Waals surface area contributed by atoms with E-state index in [4.69, 9.17) is 17.2 Å². The van der Waals surface area contributed by atoms with Gasteiger partial charge in [0.25, 0.3) is 11.1 Å². The fourth-order valence-electron chi connectivity index (χ4n) is 1.66. The van der Waals surface area contributed by atoms with Gasteiger partial charge in [-0.05, 0) is 19.9 Å². The minimum absolute atomic E-state index is 0. The molecule has 0 saturated carbocycles. The van der Waals surface area contributed by atoms with Gasteiger partial charge in [0.05, 0.1) is 5.39 Å². The Morgan fingerprint density at radius 2 is 1.59 bits per heavy atom. The number of hydrogen-bond acceptors (Lipinski definition) is 8. The van der Waals surface area contributed by atoms with E-state index < -0.39 is 0 Å². The summed E-state index contributed by atoms with van der Waals surface area (Å²) >= 11 is 0. The summed E-state index contributed by atoms with van der Waals surface area (Å²) in [4.78, 5) is 46.5. The molecule has 0 aliphatic carbocycles. The van der Waals surface area contributed by atoms with Crippen LogP contribution in [0.5, 0.6) is 0 Å². The molecular formula is C15H24N8O4. The highest BCUT2D eigenvalue weighted by Crippen LogP contribution is 2.07. The number of ketones is 1. The second-order valence-corrected chi connectivity index (χ2v) is 5.28. The zero-order chi connectivity index (χ0) is 19.9. The lowest BCUT2D eigenvalue weighted by atomic mass is 10.4. The van der Waals surface area contributed by atoms with E-state index in [0.29, 0.717) is 17.5 Å². The molecule has 3 aromatic heterocycles. The van der Waals surface area contributed by atoms with Gasteiger partial charge in [-0.2, -0.15) is 9.97 Å². The number of aromatic amines is 3. The number of aryl methyl sites for hydroxylation is 1. The molecule has 0 atom stereocenters. The van der Waals surface area contributed by atoms with Crippen LogP contribution in [0.15, 0.2) is 21.7 Å². The molecule has 0 aromatic carbocycles. The highest BCUT2D eigenvalue weighted by Gasteiger charge is 2.03. The highest BCUT2D eigenvalue weighted by atomic mass is 16.1. The highest BCUT2D eigenvalue weighted by molar-refractivity contribution is 5.76. The third-order valence-electron chi connectivity index (χ3n) is 2.93. The molecule has 0 unspecified atom stereocenters. The van der Waals surface area contributed by atoms with Crippen LogP contribution in [0.2, 0.25) is 0 Å². The first kappa shape index (κ1) is 23.3. The summed E-state index contributed by atoms with van der Waals surface area (Å²) in [6.45, 7) is 5.29. The van der Waals surface area contributed by atoms with E-state index in [1.54, 1.807) is 13.0 Å². The molecule has 148 valence electrons. The van der Waals surface area contributed by atoms with Crippen LogP contribution in [0.4, 0.5) is 17.7 Å². The maximum absolute atomic E-state index is 11.2. The van der Waals surface area contributed by atoms with Gasteiger partial charge < -0.3 is 32.5 Å². The topological polar surface area (TPSA) is 234 Å². The van der Waals surface area contributed by atoms with Crippen molar-refractivity contribution in [3.05, 3.63) is 38.5 Å². The first-order chi connectivity index (χ1) is 12.1. The van der Waals surface area contributed by atoms with Crippen LogP contribution in [-0.4, -0.2) is 36.2 Å². The maximum Gasteiger partial charge on any atom is 0.261 e. The summed E-state index contributed by atoms with van der Waals surface area (Å²) in [6, 6.07) is 2.90. The van der Waals surface area contributed by atoms with Crippen LogP contribution in [-0.2, 0) is 4.79 Å². The van der Waals surface area contributed by atoms with E-state index in [-0.39, 0.29) is 40.1 Å². The van der Waals surface area contributed by atoms with Gasteiger partial charge in [0, 0.05) is 18.2 Å². The van der Waals surface area contributed by atoms with Crippen LogP contribution in [0.3, 0.4) is 0 Å². The molecule has 0 aliphatic rings. The van der Waals surface area contributed by atoms with Gasteiger partial charge in [-0.25, -0.2) is 0 Å². The summed E-state index contributed by atoms with van der Waals surface area (Å²) in [5.74, 6) is 0.565. The SMILES string of the molecule is CCC(C)=O.Cc1cc2c(=O)[nH]c(N)nc2[nH]1.Nc1cc(=O)[nH]c(N)n1.O. The van der Waals surface area contributed by atoms with E-state index in [1.165, 1.54) is 0 Å².